The second-order valence-corrected chi connectivity index (χ2v) is 4.81. The van der Waals surface area contributed by atoms with Gasteiger partial charge in [0.1, 0.15) is 5.82 Å². The third-order valence-electron chi connectivity index (χ3n) is 2.88. The van der Waals surface area contributed by atoms with Crippen molar-refractivity contribution in [2.75, 3.05) is 5.32 Å². The number of anilines is 1. The second-order valence-electron chi connectivity index (χ2n) is 4.41. The molecule has 2 aromatic carbocycles. The van der Waals surface area contributed by atoms with E-state index in [-0.39, 0.29) is 16.9 Å². The van der Waals surface area contributed by atoms with Gasteiger partial charge in [0, 0.05) is 11.7 Å². The van der Waals surface area contributed by atoms with E-state index in [0.717, 1.165) is 11.3 Å². The minimum absolute atomic E-state index is 0.0748. The number of hydrogen-bond donors (Lipinski definition) is 1. The molecule has 1 unspecified atom stereocenters. The molecule has 1 atom stereocenters. The molecule has 0 aliphatic rings. The summed E-state index contributed by atoms with van der Waals surface area (Å²) >= 11 is 5.78. The topological polar surface area (TPSA) is 12.0 Å². The molecule has 0 saturated heterocycles. The van der Waals surface area contributed by atoms with Gasteiger partial charge in [-0.05, 0) is 43.7 Å². The van der Waals surface area contributed by atoms with Gasteiger partial charge in [0.05, 0.1) is 5.02 Å². The number of halogens is 2. The molecule has 0 aromatic heterocycles. The van der Waals surface area contributed by atoms with Gasteiger partial charge in [-0.2, -0.15) is 0 Å². The van der Waals surface area contributed by atoms with Crippen LogP contribution in [0.15, 0.2) is 42.5 Å². The van der Waals surface area contributed by atoms with Crippen molar-refractivity contribution in [3.05, 3.63) is 64.4 Å². The highest BCUT2D eigenvalue weighted by atomic mass is 35.5. The lowest BCUT2D eigenvalue weighted by Gasteiger charge is -2.16. The number of benzene rings is 2. The first-order valence-electron chi connectivity index (χ1n) is 5.84. The van der Waals surface area contributed by atoms with Crippen LogP contribution in [0.1, 0.15) is 24.1 Å². The molecule has 0 saturated carbocycles. The summed E-state index contributed by atoms with van der Waals surface area (Å²) in [6.07, 6.45) is 0. The van der Waals surface area contributed by atoms with E-state index in [1.807, 2.05) is 38.1 Å². The van der Waals surface area contributed by atoms with Crippen LogP contribution in [0.5, 0.6) is 0 Å². The van der Waals surface area contributed by atoms with Gasteiger partial charge in [-0.25, -0.2) is 4.39 Å². The fraction of sp³-hybridized carbons (Fsp3) is 0.200. The summed E-state index contributed by atoms with van der Waals surface area (Å²) in [6, 6.07) is 13.0. The van der Waals surface area contributed by atoms with Crippen LogP contribution >= 0.6 is 11.6 Å². The molecule has 1 N–H and O–H groups in total. The van der Waals surface area contributed by atoms with Crippen molar-refractivity contribution in [2.45, 2.75) is 19.9 Å². The maximum atomic E-state index is 13.1. The van der Waals surface area contributed by atoms with Crippen LogP contribution in [0.25, 0.3) is 0 Å². The Labute approximate surface area is 112 Å². The van der Waals surface area contributed by atoms with Crippen molar-refractivity contribution < 1.29 is 4.39 Å². The molecule has 0 aliphatic carbocycles. The quantitative estimate of drug-likeness (QED) is 0.825. The van der Waals surface area contributed by atoms with Gasteiger partial charge in [0.2, 0.25) is 0 Å². The normalized spacial score (nSPS) is 12.2. The van der Waals surface area contributed by atoms with Gasteiger partial charge in [-0.15, -0.1) is 0 Å². The van der Waals surface area contributed by atoms with E-state index in [4.69, 9.17) is 11.6 Å². The highest BCUT2D eigenvalue weighted by molar-refractivity contribution is 6.30. The van der Waals surface area contributed by atoms with Gasteiger partial charge >= 0.3 is 0 Å². The van der Waals surface area contributed by atoms with Crippen LogP contribution in [-0.2, 0) is 0 Å². The fourth-order valence-corrected chi connectivity index (χ4v) is 1.95. The number of aryl methyl sites for hydroxylation is 1. The van der Waals surface area contributed by atoms with Crippen LogP contribution < -0.4 is 5.32 Å². The summed E-state index contributed by atoms with van der Waals surface area (Å²) in [7, 11) is 0. The average Bonchev–Trinajstić information content (AvgIpc) is 2.35. The predicted octanol–water partition coefficient (Wildman–Crippen LogP) is 4.96. The molecule has 0 amide bonds. The first-order valence-corrected chi connectivity index (χ1v) is 6.22. The molecule has 0 bridgehead atoms. The van der Waals surface area contributed by atoms with E-state index in [9.17, 15) is 4.39 Å². The molecular formula is C15H15ClFN. The summed E-state index contributed by atoms with van der Waals surface area (Å²) in [6.45, 7) is 4.07. The van der Waals surface area contributed by atoms with Crippen LogP contribution in [0.3, 0.4) is 0 Å². The van der Waals surface area contributed by atoms with Crippen molar-refractivity contribution in [3.8, 4) is 0 Å². The largest absolute Gasteiger partial charge is 0.379 e. The molecule has 0 aliphatic heterocycles. The van der Waals surface area contributed by atoms with E-state index < -0.39 is 0 Å². The zero-order valence-electron chi connectivity index (χ0n) is 10.4. The zero-order chi connectivity index (χ0) is 13.1. The molecular weight excluding hydrogens is 249 g/mol. The molecule has 94 valence electrons. The van der Waals surface area contributed by atoms with Gasteiger partial charge in [-0.3, -0.25) is 0 Å². The smallest absolute Gasteiger partial charge is 0.141 e. The summed E-state index contributed by atoms with van der Waals surface area (Å²) in [4.78, 5) is 0. The molecule has 3 heteroatoms. The van der Waals surface area contributed by atoms with Crippen molar-refractivity contribution in [3.63, 3.8) is 0 Å². The molecule has 0 radical (unpaired) electrons. The molecule has 2 aromatic rings. The van der Waals surface area contributed by atoms with E-state index in [2.05, 4.69) is 5.32 Å². The maximum absolute atomic E-state index is 13.1. The average molecular weight is 264 g/mol. The van der Waals surface area contributed by atoms with E-state index in [1.165, 1.54) is 11.6 Å². The molecule has 0 fully saturated rings. The molecule has 2 rings (SSSR count). The molecule has 18 heavy (non-hydrogen) atoms. The first-order chi connectivity index (χ1) is 8.56. The third kappa shape index (κ3) is 3.02. The van der Waals surface area contributed by atoms with Gasteiger partial charge < -0.3 is 5.32 Å². The van der Waals surface area contributed by atoms with Crippen LogP contribution in [0.4, 0.5) is 10.1 Å². The molecule has 0 heterocycles. The Balaban J connectivity index is 2.13. The highest BCUT2D eigenvalue weighted by Crippen LogP contribution is 2.23. The molecule has 0 spiro atoms. The monoisotopic (exact) mass is 263 g/mol. The third-order valence-corrected chi connectivity index (χ3v) is 3.17. The summed E-state index contributed by atoms with van der Waals surface area (Å²) < 4.78 is 13.1. The lowest BCUT2D eigenvalue weighted by atomic mass is 10.1. The molecule has 1 nitrogen and oxygen atoms in total. The fourth-order valence-electron chi connectivity index (χ4n) is 1.76. The Morgan fingerprint density at radius 2 is 1.78 bits per heavy atom. The Kier molecular flexibility index (Phi) is 3.87. The van der Waals surface area contributed by atoms with Crippen LogP contribution in [0, 0.1) is 12.7 Å². The standard InChI is InChI=1S/C15H15ClFN/c1-10-3-6-13(7-4-10)18-11(2)12-5-8-15(17)14(16)9-12/h3-9,11,18H,1-2H3. The van der Waals surface area contributed by atoms with E-state index in [0.29, 0.717) is 0 Å². The lowest BCUT2D eigenvalue weighted by Crippen LogP contribution is -2.06. The zero-order valence-corrected chi connectivity index (χ0v) is 11.1. The van der Waals surface area contributed by atoms with Gasteiger partial charge in [0.25, 0.3) is 0 Å². The highest BCUT2D eigenvalue weighted by Gasteiger charge is 2.08. The SMILES string of the molecule is Cc1ccc(NC(C)c2ccc(F)c(Cl)c2)cc1. The Bertz CT molecular complexity index is 537. The van der Waals surface area contributed by atoms with Gasteiger partial charge in [0.15, 0.2) is 0 Å². The predicted molar refractivity (Wildman–Crippen MR) is 74.6 cm³/mol. The Hall–Kier alpha value is -1.54. The first kappa shape index (κ1) is 12.9. The number of rotatable bonds is 3. The maximum Gasteiger partial charge on any atom is 0.141 e. The second kappa shape index (κ2) is 5.40. The van der Waals surface area contributed by atoms with Crippen molar-refractivity contribution in [1.82, 2.24) is 0 Å². The Morgan fingerprint density at radius 1 is 1.11 bits per heavy atom. The van der Waals surface area contributed by atoms with Crippen molar-refractivity contribution in [2.24, 2.45) is 0 Å². The lowest BCUT2D eigenvalue weighted by molar-refractivity contribution is 0.627. The van der Waals surface area contributed by atoms with Crippen LogP contribution in [-0.4, -0.2) is 0 Å². The summed E-state index contributed by atoms with van der Waals surface area (Å²) in [5.41, 5.74) is 3.22. The van der Waals surface area contributed by atoms with Crippen molar-refractivity contribution in [1.29, 1.82) is 0 Å². The minimum atomic E-state index is -0.386. The summed E-state index contributed by atoms with van der Waals surface area (Å²) in [5, 5.41) is 3.51. The van der Waals surface area contributed by atoms with Gasteiger partial charge in [-0.1, -0.05) is 35.4 Å². The van der Waals surface area contributed by atoms with E-state index >= 15 is 0 Å². The number of hydrogen-bond acceptors (Lipinski definition) is 1. The number of nitrogens with one attached hydrogen (secondary N) is 1. The minimum Gasteiger partial charge on any atom is -0.379 e. The Morgan fingerprint density at radius 3 is 2.39 bits per heavy atom. The van der Waals surface area contributed by atoms with Crippen LogP contribution in [0.2, 0.25) is 5.02 Å². The van der Waals surface area contributed by atoms with E-state index in [1.54, 1.807) is 12.1 Å². The van der Waals surface area contributed by atoms with Crippen molar-refractivity contribution >= 4 is 17.3 Å². The summed E-state index contributed by atoms with van der Waals surface area (Å²) in [5.74, 6) is -0.386.